The fraction of sp³-hybridized carbons (Fsp3) is 0.467. The Balaban J connectivity index is 2.76. The number of amides is 2. The number of nitrogens with one attached hydrogen (secondary N) is 1. The Labute approximate surface area is 134 Å². The van der Waals surface area contributed by atoms with E-state index in [1.54, 1.807) is 18.3 Å². The largest absolute Gasteiger partial charge is 0.480 e. The number of carboxylic acid groups (broad SMARTS) is 1. The quantitative estimate of drug-likeness (QED) is 0.711. The van der Waals surface area contributed by atoms with Crippen LogP contribution in [0.3, 0.4) is 0 Å². The van der Waals surface area contributed by atoms with Crippen LogP contribution in [0.4, 0.5) is 0 Å². The van der Waals surface area contributed by atoms with E-state index in [-0.39, 0.29) is 19.0 Å². The fourth-order valence-electron chi connectivity index (χ4n) is 1.89. The van der Waals surface area contributed by atoms with E-state index in [1.165, 1.54) is 31.9 Å². The first-order valence-electron chi connectivity index (χ1n) is 7.17. The molecule has 0 aliphatic carbocycles. The molecule has 8 nitrogen and oxygen atoms in total. The van der Waals surface area contributed by atoms with Crippen molar-refractivity contribution in [2.24, 2.45) is 0 Å². The average Bonchev–Trinajstić information content (AvgIpc) is 2.51. The normalized spacial score (nSPS) is 12.8. The number of aliphatic carboxylic acids is 1. The molecule has 126 valence electrons. The van der Waals surface area contributed by atoms with E-state index >= 15 is 0 Å². The molecule has 0 radical (unpaired) electrons. The number of aromatic nitrogens is 1. The molecule has 0 aliphatic heterocycles. The van der Waals surface area contributed by atoms with Crippen molar-refractivity contribution >= 4 is 17.8 Å². The third-order valence-corrected chi connectivity index (χ3v) is 3.13. The molecule has 0 aromatic carbocycles. The van der Waals surface area contributed by atoms with Crippen molar-refractivity contribution in [2.45, 2.75) is 32.9 Å². The van der Waals surface area contributed by atoms with Gasteiger partial charge in [0.2, 0.25) is 5.91 Å². The summed E-state index contributed by atoms with van der Waals surface area (Å²) >= 11 is 0. The van der Waals surface area contributed by atoms with Crippen LogP contribution in [0.5, 0.6) is 5.75 Å². The van der Waals surface area contributed by atoms with E-state index in [4.69, 9.17) is 9.84 Å². The minimum atomic E-state index is -1.13. The maximum Gasteiger partial charge on any atom is 0.326 e. The maximum absolute atomic E-state index is 12.5. The Kier molecular flexibility index (Phi) is 6.98. The molecule has 1 rings (SSSR count). The molecule has 2 N–H and O–H groups in total. The number of carboxylic acids is 1. The molecule has 0 aliphatic rings. The van der Waals surface area contributed by atoms with Crippen molar-refractivity contribution in [3.8, 4) is 5.75 Å². The van der Waals surface area contributed by atoms with Crippen LogP contribution in [0.2, 0.25) is 0 Å². The third kappa shape index (κ3) is 5.93. The summed E-state index contributed by atoms with van der Waals surface area (Å²) in [5.74, 6) is -1.44. The second-order valence-electron chi connectivity index (χ2n) is 4.98. The summed E-state index contributed by atoms with van der Waals surface area (Å²) in [5.41, 5.74) is 0. The highest BCUT2D eigenvalue weighted by Gasteiger charge is 2.29. The Morgan fingerprint density at radius 1 is 1.39 bits per heavy atom. The number of carbonyl (C=O) groups excluding carboxylic acids is 2. The zero-order chi connectivity index (χ0) is 17.4. The second-order valence-corrected chi connectivity index (χ2v) is 4.98. The van der Waals surface area contributed by atoms with Crippen molar-refractivity contribution < 1.29 is 24.2 Å². The minimum Gasteiger partial charge on any atom is -0.480 e. The lowest BCUT2D eigenvalue weighted by atomic mass is 10.2. The van der Waals surface area contributed by atoms with Crippen molar-refractivity contribution in [3.05, 3.63) is 24.5 Å². The van der Waals surface area contributed by atoms with Crippen LogP contribution in [-0.4, -0.2) is 58.0 Å². The molecule has 8 heteroatoms. The highest BCUT2D eigenvalue weighted by molar-refractivity contribution is 5.86. The third-order valence-electron chi connectivity index (χ3n) is 3.13. The van der Waals surface area contributed by atoms with Gasteiger partial charge in [-0.2, -0.15) is 0 Å². The lowest BCUT2D eigenvalue weighted by molar-refractivity contribution is -0.152. The Morgan fingerprint density at radius 3 is 2.61 bits per heavy atom. The molecule has 2 amide bonds. The summed E-state index contributed by atoms with van der Waals surface area (Å²) in [6, 6.07) is 2.29. The van der Waals surface area contributed by atoms with Gasteiger partial charge in [0.25, 0.3) is 5.91 Å². The number of carbonyl (C=O) groups is 3. The lowest BCUT2D eigenvalue weighted by Crippen LogP contribution is -2.51. The molecule has 0 spiro atoms. The zero-order valence-electron chi connectivity index (χ0n) is 13.4. The van der Waals surface area contributed by atoms with E-state index in [1.807, 2.05) is 0 Å². The standard InChI is InChI=1S/C15H21N3O5/c1-10(15(21)22)18(8-7-17-12(3)19)14(20)11(2)23-13-5-4-6-16-9-13/h4-6,9-11H,7-8H2,1-3H3,(H,17,19)(H,21,22). The van der Waals surface area contributed by atoms with Gasteiger partial charge in [0.1, 0.15) is 11.8 Å². The van der Waals surface area contributed by atoms with Gasteiger partial charge in [-0.3, -0.25) is 14.6 Å². The van der Waals surface area contributed by atoms with Crippen molar-refractivity contribution in [3.63, 3.8) is 0 Å². The predicted octanol–water partition coefficient (Wildman–Crippen LogP) is 0.287. The first kappa shape index (κ1) is 18.4. The topological polar surface area (TPSA) is 109 Å². The number of pyridine rings is 1. The molecule has 1 aromatic rings. The van der Waals surface area contributed by atoms with Gasteiger partial charge in [-0.1, -0.05) is 0 Å². The molecular weight excluding hydrogens is 302 g/mol. The average molecular weight is 323 g/mol. The molecule has 1 heterocycles. The molecule has 2 atom stereocenters. The smallest absolute Gasteiger partial charge is 0.326 e. The number of rotatable bonds is 8. The minimum absolute atomic E-state index is 0.0760. The summed E-state index contributed by atoms with van der Waals surface area (Å²) in [6.45, 7) is 4.53. The molecule has 2 unspecified atom stereocenters. The molecular formula is C15H21N3O5. The number of ether oxygens (including phenoxy) is 1. The second kappa shape index (κ2) is 8.72. The van der Waals surface area contributed by atoms with Crippen molar-refractivity contribution in [1.29, 1.82) is 0 Å². The van der Waals surface area contributed by atoms with Crippen molar-refractivity contribution in [2.75, 3.05) is 13.1 Å². The van der Waals surface area contributed by atoms with Crippen LogP contribution < -0.4 is 10.1 Å². The van der Waals surface area contributed by atoms with E-state index in [0.717, 1.165) is 0 Å². The number of nitrogens with zero attached hydrogens (tertiary/aromatic N) is 2. The van der Waals surface area contributed by atoms with Crippen LogP contribution in [0.15, 0.2) is 24.5 Å². The molecule has 0 bridgehead atoms. The fourth-order valence-corrected chi connectivity index (χ4v) is 1.89. The Morgan fingerprint density at radius 2 is 2.09 bits per heavy atom. The summed E-state index contributed by atoms with van der Waals surface area (Å²) in [4.78, 5) is 39.6. The zero-order valence-corrected chi connectivity index (χ0v) is 13.4. The van der Waals surface area contributed by atoms with Crippen LogP contribution in [0.1, 0.15) is 20.8 Å². The van der Waals surface area contributed by atoms with Gasteiger partial charge in [-0.05, 0) is 26.0 Å². The van der Waals surface area contributed by atoms with Gasteiger partial charge >= 0.3 is 5.97 Å². The van der Waals surface area contributed by atoms with Crippen molar-refractivity contribution in [1.82, 2.24) is 15.2 Å². The first-order valence-corrected chi connectivity index (χ1v) is 7.17. The Hall–Kier alpha value is -2.64. The van der Waals surface area contributed by atoms with Gasteiger partial charge in [0.15, 0.2) is 6.10 Å². The summed E-state index contributed by atoms with van der Waals surface area (Å²) in [6.07, 6.45) is 2.16. The van der Waals surface area contributed by atoms with Crippen LogP contribution in [0, 0.1) is 0 Å². The number of hydrogen-bond acceptors (Lipinski definition) is 5. The van der Waals surface area contributed by atoms with Gasteiger partial charge in [0.05, 0.1) is 6.20 Å². The summed E-state index contributed by atoms with van der Waals surface area (Å²) in [7, 11) is 0. The number of hydrogen-bond donors (Lipinski definition) is 2. The summed E-state index contributed by atoms with van der Waals surface area (Å²) in [5, 5.41) is 11.7. The Bertz CT molecular complexity index is 549. The van der Waals surface area contributed by atoms with E-state index in [9.17, 15) is 14.4 Å². The van der Waals surface area contributed by atoms with Crippen LogP contribution >= 0.6 is 0 Å². The summed E-state index contributed by atoms with van der Waals surface area (Å²) < 4.78 is 5.48. The van der Waals surface area contributed by atoms with E-state index in [0.29, 0.717) is 5.75 Å². The van der Waals surface area contributed by atoms with Crippen LogP contribution in [0.25, 0.3) is 0 Å². The van der Waals surface area contributed by atoms with E-state index in [2.05, 4.69) is 10.3 Å². The van der Waals surface area contributed by atoms with E-state index < -0.39 is 24.0 Å². The molecule has 0 fully saturated rings. The monoisotopic (exact) mass is 323 g/mol. The maximum atomic E-state index is 12.5. The molecule has 23 heavy (non-hydrogen) atoms. The molecule has 0 saturated heterocycles. The lowest BCUT2D eigenvalue weighted by Gasteiger charge is -2.29. The van der Waals surface area contributed by atoms with Gasteiger partial charge in [0, 0.05) is 26.2 Å². The van der Waals surface area contributed by atoms with Gasteiger partial charge in [-0.15, -0.1) is 0 Å². The SMILES string of the molecule is CC(=O)NCCN(C(=O)C(C)Oc1cccnc1)C(C)C(=O)O. The highest BCUT2D eigenvalue weighted by Crippen LogP contribution is 2.12. The van der Waals surface area contributed by atoms with Gasteiger partial charge in [-0.25, -0.2) is 4.79 Å². The van der Waals surface area contributed by atoms with Gasteiger partial charge < -0.3 is 20.1 Å². The molecule has 1 aromatic heterocycles. The predicted molar refractivity (Wildman–Crippen MR) is 81.8 cm³/mol. The highest BCUT2D eigenvalue weighted by atomic mass is 16.5. The first-order chi connectivity index (χ1) is 10.8. The van der Waals surface area contributed by atoms with Crippen LogP contribution in [-0.2, 0) is 14.4 Å². The molecule has 0 saturated carbocycles.